The molecule has 0 saturated heterocycles. The lowest BCUT2D eigenvalue weighted by Gasteiger charge is -2.33. The van der Waals surface area contributed by atoms with Crippen LogP contribution in [0, 0.1) is 5.41 Å². The summed E-state index contributed by atoms with van der Waals surface area (Å²) in [4.78, 5) is 11.9. The van der Waals surface area contributed by atoms with Crippen molar-refractivity contribution < 1.29 is 4.79 Å². The average Bonchev–Trinajstić information content (AvgIpc) is 2.34. The van der Waals surface area contributed by atoms with E-state index < -0.39 is 0 Å². The number of carbonyl (C=O) groups is 1. The van der Waals surface area contributed by atoms with E-state index in [1.807, 2.05) is 6.92 Å². The first-order valence-corrected chi connectivity index (χ1v) is 8.39. The summed E-state index contributed by atoms with van der Waals surface area (Å²) in [6.07, 6.45) is 11.0. The number of Topliss-reactive ketones (excluding diaryl/α,β-unsaturated/α-hetero) is 1. The zero-order chi connectivity index (χ0) is 14.5. The molecule has 0 aromatic carbocycles. The largest absolute Gasteiger partial charge is 0.299 e. The number of hydrogen-bond acceptors (Lipinski definition) is 2. The third kappa shape index (κ3) is 4.38. The van der Waals surface area contributed by atoms with Gasteiger partial charge in [0.25, 0.3) is 0 Å². The Balaban J connectivity index is 3.15. The smallest absolute Gasteiger partial charge is 0.136 e. The second-order valence-corrected chi connectivity index (χ2v) is 6.71. The summed E-state index contributed by atoms with van der Waals surface area (Å²) in [5.41, 5.74) is 4.07. The zero-order valence-electron chi connectivity index (χ0n) is 12.9. The van der Waals surface area contributed by atoms with Gasteiger partial charge in [0.2, 0.25) is 0 Å². The lowest BCUT2D eigenvalue weighted by molar-refractivity contribution is -0.118. The third-order valence-corrected chi connectivity index (χ3v) is 4.17. The van der Waals surface area contributed by atoms with Crippen molar-refractivity contribution in [2.24, 2.45) is 5.41 Å². The summed E-state index contributed by atoms with van der Waals surface area (Å²) in [5, 5.41) is 0. The monoisotopic (exact) mass is 278 g/mol. The van der Waals surface area contributed by atoms with Crippen molar-refractivity contribution in [2.45, 2.75) is 47.0 Å². The maximum Gasteiger partial charge on any atom is 0.136 e. The quantitative estimate of drug-likeness (QED) is 0.684. The molecular weight excluding hydrogens is 252 g/mol. The summed E-state index contributed by atoms with van der Waals surface area (Å²) in [5.74, 6) is 1.31. The molecule has 19 heavy (non-hydrogen) atoms. The molecule has 0 fully saturated rings. The summed E-state index contributed by atoms with van der Waals surface area (Å²) in [6.45, 7) is 8.66. The molecule has 0 amide bonds. The van der Waals surface area contributed by atoms with Gasteiger partial charge in [-0.15, -0.1) is 0 Å². The Bertz CT molecular complexity index is 425. The molecule has 1 nitrogen and oxygen atoms in total. The average molecular weight is 278 g/mol. The van der Waals surface area contributed by atoms with E-state index in [4.69, 9.17) is 0 Å². The van der Waals surface area contributed by atoms with Gasteiger partial charge in [0, 0.05) is 18.6 Å². The molecule has 0 saturated carbocycles. The van der Waals surface area contributed by atoms with Crippen LogP contribution in [0.5, 0.6) is 0 Å². The lowest BCUT2D eigenvalue weighted by atomic mass is 9.71. The fraction of sp³-hybridized carbons (Fsp3) is 0.588. The standard InChI is InChI=1S/C17H26OS/c1-6-15(18)12-14(9-11-19-5)16-13(2)8-7-10-17(16,3)4/h7-9H,6,10-12H2,1-5H3. The third-order valence-electron chi connectivity index (χ3n) is 3.67. The highest BCUT2D eigenvalue weighted by molar-refractivity contribution is 7.98. The first-order chi connectivity index (χ1) is 8.92. The molecule has 2 heteroatoms. The van der Waals surface area contributed by atoms with E-state index in [-0.39, 0.29) is 5.41 Å². The molecule has 0 atom stereocenters. The van der Waals surface area contributed by atoms with Crippen LogP contribution < -0.4 is 0 Å². The van der Waals surface area contributed by atoms with Gasteiger partial charge in [-0.2, -0.15) is 11.8 Å². The van der Waals surface area contributed by atoms with Crippen LogP contribution in [-0.4, -0.2) is 17.8 Å². The predicted molar refractivity (Wildman–Crippen MR) is 86.6 cm³/mol. The van der Waals surface area contributed by atoms with Crippen LogP contribution >= 0.6 is 11.8 Å². The number of rotatable bonds is 6. The second-order valence-electron chi connectivity index (χ2n) is 5.80. The normalized spacial score (nSPS) is 18.9. The van der Waals surface area contributed by atoms with Crippen molar-refractivity contribution in [1.29, 1.82) is 0 Å². The molecule has 1 aliphatic rings. The van der Waals surface area contributed by atoms with Gasteiger partial charge in [-0.25, -0.2) is 0 Å². The van der Waals surface area contributed by atoms with Gasteiger partial charge in [0.15, 0.2) is 0 Å². The molecule has 0 heterocycles. The molecule has 0 spiro atoms. The summed E-state index contributed by atoms with van der Waals surface area (Å²) in [6, 6.07) is 0. The minimum atomic E-state index is 0.136. The van der Waals surface area contributed by atoms with E-state index in [0.717, 1.165) is 12.2 Å². The van der Waals surface area contributed by atoms with Gasteiger partial charge >= 0.3 is 0 Å². The van der Waals surface area contributed by atoms with Crippen molar-refractivity contribution in [1.82, 2.24) is 0 Å². The predicted octanol–water partition coefficient (Wildman–Crippen LogP) is 4.95. The molecule has 0 N–H and O–H groups in total. The molecule has 0 aliphatic heterocycles. The van der Waals surface area contributed by atoms with Crippen LogP contribution in [0.15, 0.2) is 34.9 Å². The van der Waals surface area contributed by atoms with E-state index in [0.29, 0.717) is 18.6 Å². The van der Waals surface area contributed by atoms with Crippen LogP contribution in [0.2, 0.25) is 0 Å². The van der Waals surface area contributed by atoms with E-state index >= 15 is 0 Å². The maximum atomic E-state index is 11.9. The molecule has 106 valence electrons. The van der Waals surface area contributed by atoms with E-state index in [9.17, 15) is 4.79 Å². The SMILES string of the molecule is CCC(=O)CC(=CCSC)C1=C(C)C=CCC1(C)C. The van der Waals surface area contributed by atoms with Crippen LogP contribution in [0.1, 0.15) is 47.0 Å². The molecule has 0 unspecified atom stereocenters. The number of allylic oxidation sites excluding steroid dienone is 5. The zero-order valence-corrected chi connectivity index (χ0v) is 13.7. The summed E-state index contributed by atoms with van der Waals surface area (Å²) < 4.78 is 0. The Labute approximate surface area is 122 Å². The van der Waals surface area contributed by atoms with Gasteiger partial charge in [-0.3, -0.25) is 4.79 Å². The Morgan fingerprint density at radius 3 is 2.68 bits per heavy atom. The van der Waals surface area contributed by atoms with Crippen molar-refractivity contribution in [3.63, 3.8) is 0 Å². The van der Waals surface area contributed by atoms with Crippen LogP contribution in [-0.2, 0) is 4.79 Å². The second kappa shape index (κ2) is 7.14. The molecule has 0 aromatic rings. The molecule has 0 aromatic heterocycles. The minimum Gasteiger partial charge on any atom is -0.299 e. The Hall–Kier alpha value is -0.760. The summed E-state index contributed by atoms with van der Waals surface area (Å²) >= 11 is 1.80. The molecule has 0 bridgehead atoms. The fourth-order valence-electron chi connectivity index (χ4n) is 2.72. The Kier molecular flexibility index (Phi) is 6.12. The highest BCUT2D eigenvalue weighted by Gasteiger charge is 2.28. The van der Waals surface area contributed by atoms with Crippen LogP contribution in [0.4, 0.5) is 0 Å². The number of hydrogen-bond donors (Lipinski definition) is 0. The van der Waals surface area contributed by atoms with Crippen molar-refractivity contribution in [3.8, 4) is 0 Å². The van der Waals surface area contributed by atoms with E-state index in [2.05, 4.69) is 45.3 Å². The van der Waals surface area contributed by atoms with Crippen LogP contribution in [0.3, 0.4) is 0 Å². The highest BCUT2D eigenvalue weighted by atomic mass is 32.2. The van der Waals surface area contributed by atoms with Gasteiger partial charge in [-0.05, 0) is 41.7 Å². The fourth-order valence-corrected chi connectivity index (χ4v) is 3.09. The topological polar surface area (TPSA) is 17.1 Å². The maximum absolute atomic E-state index is 11.9. The van der Waals surface area contributed by atoms with E-state index in [1.165, 1.54) is 16.7 Å². The van der Waals surface area contributed by atoms with Crippen molar-refractivity contribution in [3.05, 3.63) is 34.9 Å². The van der Waals surface area contributed by atoms with Crippen molar-refractivity contribution in [2.75, 3.05) is 12.0 Å². The first-order valence-electron chi connectivity index (χ1n) is 7.00. The van der Waals surface area contributed by atoms with E-state index in [1.54, 1.807) is 11.8 Å². The molecule has 0 radical (unpaired) electrons. The van der Waals surface area contributed by atoms with Gasteiger partial charge < -0.3 is 0 Å². The van der Waals surface area contributed by atoms with Gasteiger partial charge in [-0.1, -0.05) is 39.0 Å². The van der Waals surface area contributed by atoms with Gasteiger partial charge in [0.1, 0.15) is 5.78 Å². The van der Waals surface area contributed by atoms with Crippen LogP contribution in [0.25, 0.3) is 0 Å². The molecule has 1 aliphatic carbocycles. The number of carbonyl (C=O) groups excluding carboxylic acids is 1. The first kappa shape index (κ1) is 16.3. The highest BCUT2D eigenvalue weighted by Crippen LogP contribution is 2.42. The minimum absolute atomic E-state index is 0.136. The number of ketones is 1. The molecular formula is C17H26OS. The lowest BCUT2D eigenvalue weighted by Crippen LogP contribution is -2.20. The number of thioether (sulfide) groups is 1. The van der Waals surface area contributed by atoms with Crippen molar-refractivity contribution >= 4 is 17.5 Å². The Morgan fingerprint density at radius 2 is 2.16 bits per heavy atom. The Morgan fingerprint density at radius 1 is 1.47 bits per heavy atom. The van der Waals surface area contributed by atoms with Gasteiger partial charge in [0.05, 0.1) is 0 Å². The summed E-state index contributed by atoms with van der Waals surface area (Å²) in [7, 11) is 0. The molecule has 1 rings (SSSR count).